The molecule has 104 valence electrons. The largest absolute Gasteiger partial charge is 0.330 e. The Hall–Kier alpha value is -0.930. The number of halogens is 1. The lowest BCUT2D eigenvalue weighted by atomic mass is 9.88. The van der Waals surface area contributed by atoms with E-state index in [0.717, 1.165) is 31.4 Å². The highest BCUT2D eigenvalue weighted by atomic mass is 19.1. The number of nitrogens with two attached hydrogens (primary N) is 1. The van der Waals surface area contributed by atoms with Crippen molar-refractivity contribution >= 4 is 0 Å². The molecule has 19 heavy (non-hydrogen) atoms. The second-order valence-electron chi connectivity index (χ2n) is 6.14. The second-order valence-corrected chi connectivity index (χ2v) is 6.14. The Morgan fingerprint density at radius 2 is 1.95 bits per heavy atom. The molecule has 1 heterocycles. The van der Waals surface area contributed by atoms with Gasteiger partial charge >= 0.3 is 0 Å². The number of rotatable bonds is 2. The van der Waals surface area contributed by atoms with Gasteiger partial charge in [-0.2, -0.15) is 0 Å². The van der Waals surface area contributed by atoms with Crippen LogP contribution in [0.25, 0.3) is 0 Å². The Balaban J connectivity index is 1.92. The maximum absolute atomic E-state index is 14.4. The molecule has 2 nitrogen and oxygen atoms in total. The van der Waals surface area contributed by atoms with E-state index < -0.39 is 0 Å². The van der Waals surface area contributed by atoms with Crippen LogP contribution in [-0.4, -0.2) is 25.0 Å². The number of hydrogen-bond donors (Lipinski definition) is 1. The van der Waals surface area contributed by atoms with Crippen LogP contribution in [0.15, 0.2) is 12.1 Å². The maximum Gasteiger partial charge on any atom is 0.128 e. The van der Waals surface area contributed by atoms with Crippen LogP contribution in [0.3, 0.4) is 0 Å². The third-order valence-corrected chi connectivity index (χ3v) is 4.79. The molecular formula is C16H23FN2. The lowest BCUT2D eigenvalue weighted by Crippen LogP contribution is -2.21. The van der Waals surface area contributed by atoms with E-state index in [0.29, 0.717) is 12.5 Å². The molecular weight excluding hydrogens is 239 g/mol. The molecule has 0 amide bonds. The van der Waals surface area contributed by atoms with Crippen LogP contribution >= 0.6 is 0 Å². The van der Waals surface area contributed by atoms with Gasteiger partial charge in [0.25, 0.3) is 0 Å². The van der Waals surface area contributed by atoms with Gasteiger partial charge in [-0.3, -0.25) is 4.90 Å². The van der Waals surface area contributed by atoms with Crippen molar-refractivity contribution in [3.63, 3.8) is 0 Å². The van der Waals surface area contributed by atoms with E-state index in [-0.39, 0.29) is 11.9 Å². The first-order chi connectivity index (χ1) is 9.19. The summed E-state index contributed by atoms with van der Waals surface area (Å²) in [7, 11) is 2.08. The molecule has 2 N–H and O–H groups in total. The second kappa shape index (κ2) is 5.22. The number of aryl methyl sites for hydroxylation is 2. The molecule has 0 aromatic heterocycles. The number of likely N-dealkylation sites (tertiary alicyclic amines) is 1. The summed E-state index contributed by atoms with van der Waals surface area (Å²) in [6, 6.07) is 4.12. The molecule has 0 saturated carbocycles. The topological polar surface area (TPSA) is 29.3 Å². The Bertz CT molecular complexity index is 472. The fourth-order valence-corrected chi connectivity index (χ4v) is 3.67. The molecule has 1 saturated heterocycles. The molecule has 2 unspecified atom stereocenters. The summed E-state index contributed by atoms with van der Waals surface area (Å²) in [6.07, 6.45) is 5.58. The predicted molar refractivity (Wildman–Crippen MR) is 75.6 cm³/mol. The number of benzene rings is 1. The average molecular weight is 262 g/mol. The highest BCUT2D eigenvalue weighted by Gasteiger charge is 2.32. The van der Waals surface area contributed by atoms with Gasteiger partial charge in [0.2, 0.25) is 0 Å². The fraction of sp³-hybridized carbons (Fsp3) is 0.625. The zero-order chi connectivity index (χ0) is 13.4. The standard InChI is InChI=1S/C16H23FN2/c1-19-10-11(9-18)6-16(19)14-7-12-4-2-3-5-13(12)8-15(14)17/h7-8,11,16H,2-6,9-10,18H2,1H3. The van der Waals surface area contributed by atoms with E-state index in [2.05, 4.69) is 18.0 Å². The van der Waals surface area contributed by atoms with Gasteiger partial charge in [0.15, 0.2) is 0 Å². The highest BCUT2D eigenvalue weighted by Crippen LogP contribution is 2.37. The van der Waals surface area contributed by atoms with E-state index in [1.165, 1.54) is 24.0 Å². The van der Waals surface area contributed by atoms with Gasteiger partial charge in [-0.15, -0.1) is 0 Å². The Labute approximate surface area is 114 Å². The summed E-state index contributed by atoms with van der Waals surface area (Å²) in [5, 5.41) is 0. The van der Waals surface area contributed by atoms with Gasteiger partial charge in [0.05, 0.1) is 0 Å². The van der Waals surface area contributed by atoms with Crippen molar-refractivity contribution in [3.8, 4) is 0 Å². The summed E-state index contributed by atoms with van der Waals surface area (Å²) in [5.41, 5.74) is 9.25. The molecule has 0 spiro atoms. The molecule has 1 aliphatic heterocycles. The Morgan fingerprint density at radius 3 is 2.58 bits per heavy atom. The Kier molecular flexibility index (Phi) is 3.59. The fourth-order valence-electron chi connectivity index (χ4n) is 3.67. The monoisotopic (exact) mass is 262 g/mol. The molecule has 1 aromatic rings. The van der Waals surface area contributed by atoms with E-state index in [4.69, 9.17) is 5.73 Å². The zero-order valence-electron chi connectivity index (χ0n) is 11.7. The zero-order valence-corrected chi connectivity index (χ0v) is 11.7. The molecule has 1 aliphatic carbocycles. The lowest BCUT2D eigenvalue weighted by Gasteiger charge is -2.23. The van der Waals surface area contributed by atoms with Crippen LogP contribution in [0.1, 0.15) is 42.0 Å². The van der Waals surface area contributed by atoms with E-state index in [9.17, 15) is 4.39 Å². The summed E-state index contributed by atoms with van der Waals surface area (Å²) in [5.74, 6) is 0.487. The molecule has 3 heteroatoms. The van der Waals surface area contributed by atoms with E-state index in [1.807, 2.05) is 0 Å². The molecule has 2 aliphatic rings. The molecule has 1 aromatic carbocycles. The lowest BCUT2D eigenvalue weighted by molar-refractivity contribution is 0.306. The van der Waals surface area contributed by atoms with Crippen molar-refractivity contribution < 1.29 is 4.39 Å². The number of hydrogen-bond acceptors (Lipinski definition) is 2. The van der Waals surface area contributed by atoms with Gasteiger partial charge in [-0.25, -0.2) is 4.39 Å². The minimum Gasteiger partial charge on any atom is -0.330 e. The van der Waals surface area contributed by atoms with Gasteiger partial charge in [0.1, 0.15) is 5.82 Å². The van der Waals surface area contributed by atoms with E-state index >= 15 is 0 Å². The maximum atomic E-state index is 14.4. The number of fused-ring (bicyclic) bond motifs is 1. The molecule has 3 rings (SSSR count). The van der Waals surface area contributed by atoms with Crippen LogP contribution in [0.2, 0.25) is 0 Å². The smallest absolute Gasteiger partial charge is 0.128 e. The summed E-state index contributed by atoms with van der Waals surface area (Å²) < 4.78 is 14.4. The van der Waals surface area contributed by atoms with Crippen molar-refractivity contribution in [2.45, 2.75) is 38.1 Å². The van der Waals surface area contributed by atoms with Gasteiger partial charge in [0, 0.05) is 18.2 Å². The van der Waals surface area contributed by atoms with Gasteiger partial charge < -0.3 is 5.73 Å². The minimum atomic E-state index is -0.0184. The van der Waals surface area contributed by atoms with Crippen LogP contribution in [0.5, 0.6) is 0 Å². The molecule has 0 radical (unpaired) electrons. The van der Waals surface area contributed by atoms with Crippen LogP contribution < -0.4 is 5.73 Å². The van der Waals surface area contributed by atoms with Crippen LogP contribution in [-0.2, 0) is 12.8 Å². The summed E-state index contributed by atoms with van der Waals surface area (Å²) in [6.45, 7) is 1.69. The van der Waals surface area contributed by atoms with Crippen LogP contribution in [0.4, 0.5) is 4.39 Å². The Morgan fingerprint density at radius 1 is 1.26 bits per heavy atom. The predicted octanol–water partition coefficient (Wildman–Crippen LogP) is 2.66. The van der Waals surface area contributed by atoms with Crippen LogP contribution in [0, 0.1) is 11.7 Å². The van der Waals surface area contributed by atoms with Crippen molar-refractivity contribution in [2.24, 2.45) is 11.7 Å². The first kappa shape index (κ1) is 13.1. The first-order valence-corrected chi connectivity index (χ1v) is 7.40. The van der Waals surface area contributed by atoms with Gasteiger partial charge in [-0.05, 0) is 68.8 Å². The highest BCUT2D eigenvalue weighted by molar-refractivity contribution is 5.36. The molecule has 2 atom stereocenters. The SMILES string of the molecule is CN1CC(CN)CC1c1cc2c(cc1F)CCCC2. The third kappa shape index (κ3) is 2.41. The summed E-state index contributed by atoms with van der Waals surface area (Å²) in [4.78, 5) is 2.26. The number of nitrogens with zero attached hydrogens (tertiary/aromatic N) is 1. The van der Waals surface area contributed by atoms with Gasteiger partial charge in [-0.1, -0.05) is 6.07 Å². The van der Waals surface area contributed by atoms with Crippen molar-refractivity contribution in [3.05, 3.63) is 34.6 Å². The third-order valence-electron chi connectivity index (χ3n) is 4.79. The van der Waals surface area contributed by atoms with Crippen molar-refractivity contribution in [2.75, 3.05) is 20.1 Å². The van der Waals surface area contributed by atoms with E-state index in [1.54, 1.807) is 6.07 Å². The average Bonchev–Trinajstić information content (AvgIpc) is 2.79. The van der Waals surface area contributed by atoms with Crippen molar-refractivity contribution in [1.82, 2.24) is 4.90 Å². The van der Waals surface area contributed by atoms with Crippen molar-refractivity contribution in [1.29, 1.82) is 0 Å². The molecule has 1 fully saturated rings. The first-order valence-electron chi connectivity index (χ1n) is 7.40. The normalized spacial score (nSPS) is 27.5. The minimum absolute atomic E-state index is 0.0184. The summed E-state index contributed by atoms with van der Waals surface area (Å²) >= 11 is 0. The quantitative estimate of drug-likeness (QED) is 0.888. The molecule has 0 bridgehead atoms.